The predicted molar refractivity (Wildman–Crippen MR) is 103 cm³/mol. The third-order valence-electron chi connectivity index (χ3n) is 4.26. The van der Waals surface area contributed by atoms with Gasteiger partial charge in [-0.15, -0.1) is 0 Å². The minimum absolute atomic E-state index is 0.0332. The van der Waals surface area contributed by atoms with Crippen LogP contribution in [-0.4, -0.2) is 27.1 Å². The summed E-state index contributed by atoms with van der Waals surface area (Å²) in [6, 6.07) is 1.93. The molecule has 2 N–H and O–H groups in total. The lowest BCUT2D eigenvalue weighted by atomic mass is 10.2. The number of aryl methyl sites for hydroxylation is 1. The fraction of sp³-hybridized carbons (Fsp3) is 0.278. The molecule has 0 fully saturated rings. The van der Waals surface area contributed by atoms with Crippen molar-refractivity contribution in [1.82, 2.24) is 19.4 Å². The first kappa shape index (κ1) is 18.0. The molecule has 0 aliphatic rings. The number of nitrogens with zero attached hydrogens (tertiary/aromatic N) is 3. The van der Waals surface area contributed by atoms with E-state index in [0.29, 0.717) is 27.3 Å². The average Bonchev–Trinajstić information content (AvgIpc) is 2.92. The third-order valence-corrected chi connectivity index (χ3v) is 4.54. The fourth-order valence-corrected chi connectivity index (χ4v) is 3.13. The minimum atomic E-state index is -0.317. The van der Waals surface area contributed by atoms with Crippen molar-refractivity contribution < 1.29 is 4.79 Å². The van der Waals surface area contributed by atoms with Gasteiger partial charge in [-0.2, -0.15) is 0 Å². The van der Waals surface area contributed by atoms with Gasteiger partial charge in [0, 0.05) is 44.9 Å². The minimum Gasteiger partial charge on any atom is -0.355 e. The van der Waals surface area contributed by atoms with E-state index in [4.69, 9.17) is 11.6 Å². The number of hydrogen-bond acceptors (Lipinski definition) is 4. The number of aromatic nitrogens is 3. The zero-order valence-corrected chi connectivity index (χ0v) is 15.8. The summed E-state index contributed by atoms with van der Waals surface area (Å²) >= 11 is 6.26. The van der Waals surface area contributed by atoms with Gasteiger partial charge < -0.3 is 19.8 Å². The van der Waals surface area contributed by atoms with Gasteiger partial charge >= 0.3 is 0 Å². The van der Waals surface area contributed by atoms with Crippen LogP contribution in [0.5, 0.6) is 0 Å². The van der Waals surface area contributed by atoms with Crippen LogP contribution in [0.3, 0.4) is 0 Å². The summed E-state index contributed by atoms with van der Waals surface area (Å²) in [5.74, 6) is -0.317. The second-order valence-electron chi connectivity index (χ2n) is 6.28. The van der Waals surface area contributed by atoms with Crippen LogP contribution in [0.2, 0.25) is 5.02 Å². The van der Waals surface area contributed by atoms with E-state index >= 15 is 0 Å². The fourth-order valence-electron chi connectivity index (χ4n) is 2.92. The number of hydrogen-bond donors (Lipinski definition) is 2. The van der Waals surface area contributed by atoms with Crippen LogP contribution in [0.15, 0.2) is 35.6 Å². The first-order valence-electron chi connectivity index (χ1n) is 8.18. The maximum Gasteiger partial charge on any atom is 0.262 e. The molecular formula is C18H20ClN5O2. The van der Waals surface area contributed by atoms with Crippen LogP contribution < -0.4 is 16.2 Å². The Morgan fingerprint density at radius 2 is 2.04 bits per heavy atom. The van der Waals surface area contributed by atoms with Crippen molar-refractivity contribution in [2.24, 2.45) is 7.05 Å². The summed E-state index contributed by atoms with van der Waals surface area (Å²) in [6.45, 7) is 3.90. The molecular weight excluding hydrogens is 354 g/mol. The molecule has 0 radical (unpaired) electrons. The Hall–Kier alpha value is -2.80. The number of carbonyl (C=O) groups is 1. The van der Waals surface area contributed by atoms with E-state index in [1.54, 1.807) is 17.0 Å². The molecule has 0 aliphatic heterocycles. The van der Waals surface area contributed by atoms with E-state index in [1.165, 1.54) is 19.4 Å². The van der Waals surface area contributed by atoms with Gasteiger partial charge in [0.2, 0.25) is 0 Å². The lowest BCUT2D eigenvalue weighted by Gasteiger charge is -2.13. The van der Waals surface area contributed by atoms with Crippen molar-refractivity contribution in [3.8, 4) is 0 Å². The normalized spacial score (nSPS) is 11.2. The first-order chi connectivity index (χ1) is 12.3. The maximum absolute atomic E-state index is 12.9. The van der Waals surface area contributed by atoms with Gasteiger partial charge in [-0.1, -0.05) is 11.6 Å². The number of pyridine rings is 2. The number of carbonyl (C=O) groups excluding carboxylic acids is 1. The Kier molecular flexibility index (Phi) is 4.73. The molecule has 0 unspecified atom stereocenters. The van der Waals surface area contributed by atoms with Crippen LogP contribution >= 0.6 is 11.6 Å². The second-order valence-corrected chi connectivity index (χ2v) is 6.69. The number of nitrogens with one attached hydrogen (secondary N) is 2. The quantitative estimate of drug-likeness (QED) is 0.736. The SMILES string of the molecule is CNC(=O)c1cncc(Cl)c1Nc1cn(C)c2ccn(C(C)C)c(=O)c12. The van der Waals surface area contributed by atoms with Crippen molar-refractivity contribution in [1.29, 1.82) is 0 Å². The topological polar surface area (TPSA) is 81.0 Å². The zero-order valence-electron chi connectivity index (χ0n) is 15.0. The van der Waals surface area contributed by atoms with E-state index in [0.717, 1.165) is 5.52 Å². The Labute approximate surface area is 155 Å². The average molecular weight is 374 g/mol. The highest BCUT2D eigenvalue weighted by molar-refractivity contribution is 6.34. The summed E-state index contributed by atoms with van der Waals surface area (Å²) in [7, 11) is 3.40. The molecule has 1 amide bonds. The van der Waals surface area contributed by atoms with E-state index < -0.39 is 0 Å². The largest absolute Gasteiger partial charge is 0.355 e. The molecule has 0 aliphatic carbocycles. The van der Waals surface area contributed by atoms with Gasteiger partial charge in [-0.3, -0.25) is 14.6 Å². The standard InChI is InChI=1S/C18H20ClN5O2/c1-10(2)24-6-5-14-15(18(24)26)13(9-23(14)4)22-16-11(17(25)20-3)7-21-8-12(16)19/h5-10H,1-4H3,(H,20,25)(H,21,22). The van der Waals surface area contributed by atoms with Crippen LogP contribution in [-0.2, 0) is 7.05 Å². The van der Waals surface area contributed by atoms with Crippen molar-refractivity contribution >= 4 is 39.8 Å². The lowest BCUT2D eigenvalue weighted by Crippen LogP contribution is -2.22. The smallest absolute Gasteiger partial charge is 0.262 e. The van der Waals surface area contributed by atoms with Gasteiger partial charge in [0.25, 0.3) is 11.5 Å². The number of rotatable bonds is 4. The molecule has 7 nitrogen and oxygen atoms in total. The molecule has 3 aromatic rings. The maximum atomic E-state index is 12.9. The van der Waals surface area contributed by atoms with E-state index in [1.807, 2.05) is 31.5 Å². The van der Waals surface area contributed by atoms with E-state index in [2.05, 4.69) is 15.6 Å². The van der Waals surface area contributed by atoms with Crippen molar-refractivity contribution in [3.63, 3.8) is 0 Å². The van der Waals surface area contributed by atoms with Gasteiger partial charge in [-0.05, 0) is 19.9 Å². The molecule has 0 saturated carbocycles. The number of amides is 1. The van der Waals surface area contributed by atoms with E-state index in [9.17, 15) is 9.59 Å². The number of anilines is 2. The molecule has 0 atom stereocenters. The molecule has 0 saturated heterocycles. The highest BCUT2D eigenvalue weighted by Crippen LogP contribution is 2.32. The van der Waals surface area contributed by atoms with Crippen molar-refractivity contribution in [3.05, 3.63) is 51.8 Å². The number of fused-ring (bicyclic) bond motifs is 1. The van der Waals surface area contributed by atoms with Gasteiger partial charge in [-0.25, -0.2) is 0 Å². The first-order valence-corrected chi connectivity index (χ1v) is 8.55. The van der Waals surface area contributed by atoms with Crippen molar-refractivity contribution in [2.75, 3.05) is 12.4 Å². The molecule has 26 heavy (non-hydrogen) atoms. The molecule has 3 rings (SSSR count). The molecule has 0 spiro atoms. The molecule has 136 valence electrons. The second kappa shape index (κ2) is 6.84. The Bertz CT molecular complexity index is 1050. The molecule has 0 bridgehead atoms. The molecule has 8 heteroatoms. The van der Waals surface area contributed by atoms with Gasteiger partial charge in [0.15, 0.2) is 0 Å². The van der Waals surface area contributed by atoms with Crippen LogP contribution in [0.25, 0.3) is 10.9 Å². The Morgan fingerprint density at radius 3 is 2.69 bits per heavy atom. The summed E-state index contributed by atoms with van der Waals surface area (Å²) in [6.07, 6.45) is 6.48. The van der Waals surface area contributed by atoms with Gasteiger partial charge in [0.1, 0.15) is 0 Å². The lowest BCUT2D eigenvalue weighted by molar-refractivity contribution is 0.0963. The van der Waals surface area contributed by atoms with Crippen molar-refractivity contribution in [2.45, 2.75) is 19.9 Å². The Balaban J connectivity index is 2.21. The molecule has 3 heterocycles. The molecule has 0 aromatic carbocycles. The van der Waals surface area contributed by atoms with Gasteiger partial charge in [0.05, 0.1) is 32.9 Å². The zero-order chi connectivity index (χ0) is 19.0. The highest BCUT2D eigenvalue weighted by atomic mass is 35.5. The van der Waals surface area contributed by atoms with Crippen LogP contribution in [0.1, 0.15) is 30.2 Å². The third kappa shape index (κ3) is 2.94. The molecule has 3 aromatic heterocycles. The summed E-state index contributed by atoms with van der Waals surface area (Å²) in [5.41, 5.74) is 1.99. The number of halogens is 1. The summed E-state index contributed by atoms with van der Waals surface area (Å²) in [5, 5.41) is 6.56. The summed E-state index contributed by atoms with van der Waals surface area (Å²) in [4.78, 5) is 29.0. The highest BCUT2D eigenvalue weighted by Gasteiger charge is 2.18. The Morgan fingerprint density at radius 1 is 1.31 bits per heavy atom. The van der Waals surface area contributed by atoms with Crippen LogP contribution in [0.4, 0.5) is 11.4 Å². The predicted octanol–water partition coefficient (Wildman–Crippen LogP) is 3.07. The van der Waals surface area contributed by atoms with Crippen LogP contribution in [0, 0.1) is 0 Å². The summed E-state index contributed by atoms with van der Waals surface area (Å²) < 4.78 is 3.53. The monoisotopic (exact) mass is 373 g/mol. The van der Waals surface area contributed by atoms with E-state index in [-0.39, 0.29) is 17.5 Å².